The maximum atomic E-state index is 6.10. The molecule has 0 bridgehead atoms. The molecule has 1 aliphatic heterocycles. The first-order chi connectivity index (χ1) is 9.15. The number of rotatable bonds is 2. The van der Waals surface area contributed by atoms with Crippen LogP contribution in [0.15, 0.2) is 29.6 Å². The molecule has 1 atom stereocenters. The van der Waals surface area contributed by atoms with Crippen LogP contribution in [0.25, 0.3) is 0 Å². The molecule has 4 heteroatoms. The summed E-state index contributed by atoms with van der Waals surface area (Å²) in [6, 6.07) is 8.69. The van der Waals surface area contributed by atoms with Gasteiger partial charge in [0.2, 0.25) is 0 Å². The van der Waals surface area contributed by atoms with E-state index in [0.29, 0.717) is 6.04 Å². The van der Waals surface area contributed by atoms with E-state index in [0.717, 1.165) is 29.5 Å². The minimum atomic E-state index is 0.386. The molecule has 0 fully saturated rings. The standard InChI is InChI=1S/C15H17ClN2S/c1-10(12-7-15(16)19-9-12)18-6-5-11-3-2-4-14(17)13(11)8-18/h2-4,7,9-10H,5-6,8,17H2,1H3. The van der Waals surface area contributed by atoms with E-state index >= 15 is 0 Å². The van der Waals surface area contributed by atoms with Crippen LogP contribution in [0.3, 0.4) is 0 Å². The van der Waals surface area contributed by atoms with Crippen LogP contribution in [-0.2, 0) is 13.0 Å². The van der Waals surface area contributed by atoms with Gasteiger partial charge in [-0.2, -0.15) is 0 Å². The molecule has 0 amide bonds. The number of nitrogens with zero attached hydrogens (tertiary/aromatic N) is 1. The fourth-order valence-electron chi connectivity index (χ4n) is 2.71. The molecule has 2 heterocycles. The van der Waals surface area contributed by atoms with Gasteiger partial charge < -0.3 is 5.73 Å². The summed E-state index contributed by atoms with van der Waals surface area (Å²) in [6.07, 6.45) is 1.07. The Morgan fingerprint density at radius 1 is 1.42 bits per heavy atom. The quantitative estimate of drug-likeness (QED) is 0.844. The number of hydrogen-bond donors (Lipinski definition) is 1. The molecule has 0 saturated carbocycles. The Morgan fingerprint density at radius 3 is 3.00 bits per heavy atom. The minimum absolute atomic E-state index is 0.386. The van der Waals surface area contributed by atoms with Gasteiger partial charge in [-0.25, -0.2) is 0 Å². The Balaban J connectivity index is 1.83. The summed E-state index contributed by atoms with van der Waals surface area (Å²) in [4.78, 5) is 2.47. The van der Waals surface area contributed by atoms with Crippen molar-refractivity contribution in [2.24, 2.45) is 0 Å². The molecule has 0 spiro atoms. The van der Waals surface area contributed by atoms with E-state index in [-0.39, 0.29) is 0 Å². The Bertz CT molecular complexity index is 594. The topological polar surface area (TPSA) is 29.3 Å². The monoisotopic (exact) mass is 292 g/mol. The molecule has 1 aliphatic rings. The summed E-state index contributed by atoms with van der Waals surface area (Å²) >= 11 is 7.63. The first-order valence-corrected chi connectivity index (χ1v) is 7.75. The van der Waals surface area contributed by atoms with Crippen LogP contribution in [0.1, 0.15) is 29.7 Å². The summed E-state index contributed by atoms with van der Waals surface area (Å²) in [5, 5.41) is 2.15. The van der Waals surface area contributed by atoms with Crippen molar-refractivity contribution < 1.29 is 0 Å². The first-order valence-electron chi connectivity index (χ1n) is 6.49. The average Bonchev–Trinajstić information content (AvgIpc) is 2.85. The van der Waals surface area contributed by atoms with Crippen LogP contribution in [-0.4, -0.2) is 11.4 Å². The van der Waals surface area contributed by atoms with Gasteiger partial charge in [0.05, 0.1) is 4.34 Å². The molecular weight excluding hydrogens is 276 g/mol. The highest BCUT2D eigenvalue weighted by Gasteiger charge is 2.23. The maximum Gasteiger partial charge on any atom is 0.0931 e. The molecule has 0 aliphatic carbocycles. The van der Waals surface area contributed by atoms with E-state index in [4.69, 9.17) is 17.3 Å². The molecule has 2 N–H and O–H groups in total. The molecule has 100 valence electrons. The van der Waals surface area contributed by atoms with Gasteiger partial charge in [0.25, 0.3) is 0 Å². The predicted octanol–water partition coefficient (Wildman–Crippen LogP) is 4.10. The molecule has 2 nitrogen and oxygen atoms in total. The molecule has 1 aromatic carbocycles. The van der Waals surface area contributed by atoms with Gasteiger partial charge in [0.15, 0.2) is 0 Å². The van der Waals surface area contributed by atoms with Crippen molar-refractivity contribution in [3.05, 3.63) is 50.7 Å². The van der Waals surface area contributed by atoms with Gasteiger partial charge in [-0.3, -0.25) is 4.90 Å². The van der Waals surface area contributed by atoms with Crippen molar-refractivity contribution in [3.8, 4) is 0 Å². The van der Waals surface area contributed by atoms with Gasteiger partial charge in [-0.05, 0) is 47.5 Å². The summed E-state index contributed by atoms with van der Waals surface area (Å²) in [5.41, 5.74) is 11.0. The summed E-state index contributed by atoms with van der Waals surface area (Å²) < 4.78 is 0.860. The zero-order chi connectivity index (χ0) is 13.4. The van der Waals surface area contributed by atoms with Crippen LogP contribution in [0, 0.1) is 0 Å². The lowest BCUT2D eigenvalue weighted by molar-refractivity contribution is 0.193. The van der Waals surface area contributed by atoms with Crippen LogP contribution in [0.4, 0.5) is 5.69 Å². The Morgan fingerprint density at radius 2 is 2.26 bits per heavy atom. The third-order valence-corrected chi connectivity index (χ3v) is 5.07. The predicted molar refractivity (Wildman–Crippen MR) is 82.7 cm³/mol. The molecular formula is C15H17ClN2S. The normalized spacial score (nSPS) is 17.2. The third-order valence-electron chi connectivity index (χ3n) is 3.96. The van der Waals surface area contributed by atoms with E-state index in [1.165, 1.54) is 16.7 Å². The van der Waals surface area contributed by atoms with Crippen LogP contribution < -0.4 is 5.73 Å². The van der Waals surface area contributed by atoms with E-state index in [2.05, 4.69) is 29.3 Å². The fourth-order valence-corrected chi connectivity index (χ4v) is 3.69. The van der Waals surface area contributed by atoms with E-state index in [1.807, 2.05) is 12.1 Å². The second kappa shape index (κ2) is 5.16. The van der Waals surface area contributed by atoms with Crippen molar-refractivity contribution in [2.75, 3.05) is 12.3 Å². The number of benzene rings is 1. The lowest BCUT2D eigenvalue weighted by Gasteiger charge is -2.34. The molecule has 1 aromatic heterocycles. The number of fused-ring (bicyclic) bond motifs is 1. The fraction of sp³-hybridized carbons (Fsp3) is 0.333. The van der Waals surface area contributed by atoms with Gasteiger partial charge in [0, 0.05) is 24.8 Å². The number of halogens is 1. The van der Waals surface area contributed by atoms with Gasteiger partial charge in [-0.1, -0.05) is 23.7 Å². The SMILES string of the molecule is CC(c1csc(Cl)c1)N1CCc2cccc(N)c2C1. The third kappa shape index (κ3) is 2.50. The van der Waals surface area contributed by atoms with Crippen LogP contribution >= 0.6 is 22.9 Å². The zero-order valence-electron chi connectivity index (χ0n) is 10.9. The Labute approximate surface area is 122 Å². The zero-order valence-corrected chi connectivity index (χ0v) is 12.5. The van der Waals surface area contributed by atoms with E-state index in [1.54, 1.807) is 11.3 Å². The first kappa shape index (κ1) is 13.0. The van der Waals surface area contributed by atoms with E-state index in [9.17, 15) is 0 Å². The second-order valence-electron chi connectivity index (χ2n) is 5.07. The van der Waals surface area contributed by atoms with Crippen molar-refractivity contribution >= 4 is 28.6 Å². The van der Waals surface area contributed by atoms with Gasteiger partial charge in [0.1, 0.15) is 0 Å². The maximum absolute atomic E-state index is 6.10. The number of anilines is 1. The molecule has 0 saturated heterocycles. The largest absolute Gasteiger partial charge is 0.398 e. The minimum Gasteiger partial charge on any atom is -0.398 e. The molecule has 3 rings (SSSR count). The molecule has 19 heavy (non-hydrogen) atoms. The van der Waals surface area contributed by atoms with Gasteiger partial charge in [-0.15, -0.1) is 11.3 Å². The number of thiophene rings is 1. The summed E-state index contributed by atoms with van der Waals surface area (Å²) in [6.45, 7) is 4.24. The van der Waals surface area contributed by atoms with Crippen molar-refractivity contribution in [1.29, 1.82) is 0 Å². The summed E-state index contributed by atoms with van der Waals surface area (Å²) in [5.74, 6) is 0. The van der Waals surface area contributed by atoms with Crippen molar-refractivity contribution in [1.82, 2.24) is 4.90 Å². The van der Waals surface area contributed by atoms with Crippen LogP contribution in [0.2, 0.25) is 4.34 Å². The van der Waals surface area contributed by atoms with Crippen molar-refractivity contribution in [2.45, 2.75) is 25.9 Å². The molecule has 1 unspecified atom stereocenters. The lowest BCUT2D eigenvalue weighted by atomic mass is 9.96. The number of hydrogen-bond acceptors (Lipinski definition) is 3. The van der Waals surface area contributed by atoms with Crippen molar-refractivity contribution in [3.63, 3.8) is 0 Å². The lowest BCUT2D eigenvalue weighted by Crippen LogP contribution is -2.33. The van der Waals surface area contributed by atoms with Crippen LogP contribution in [0.5, 0.6) is 0 Å². The molecule has 2 aromatic rings. The molecule has 0 radical (unpaired) electrons. The Hall–Kier alpha value is -1.03. The second-order valence-corrected chi connectivity index (χ2v) is 6.61. The number of nitrogen functional groups attached to an aromatic ring is 1. The highest BCUT2D eigenvalue weighted by molar-refractivity contribution is 7.14. The smallest absolute Gasteiger partial charge is 0.0931 e. The highest BCUT2D eigenvalue weighted by atomic mass is 35.5. The summed E-state index contributed by atoms with van der Waals surface area (Å²) in [7, 11) is 0. The highest BCUT2D eigenvalue weighted by Crippen LogP contribution is 2.33. The number of nitrogens with two attached hydrogens (primary N) is 1. The average molecular weight is 293 g/mol. The van der Waals surface area contributed by atoms with E-state index < -0.39 is 0 Å². The Kier molecular flexibility index (Phi) is 3.52. The van der Waals surface area contributed by atoms with Gasteiger partial charge >= 0.3 is 0 Å².